The van der Waals surface area contributed by atoms with Crippen molar-refractivity contribution in [1.29, 1.82) is 0 Å². The normalized spacial score (nSPS) is 10.3. The van der Waals surface area contributed by atoms with Gasteiger partial charge in [-0.2, -0.15) is 0 Å². The second kappa shape index (κ2) is 12.8. The first-order valence-electron chi connectivity index (χ1n) is 10.7. The number of rotatable bonds is 11. The molecule has 0 aliphatic carbocycles. The zero-order valence-corrected chi connectivity index (χ0v) is 19.1. The lowest BCUT2D eigenvalue weighted by atomic mass is 10.1. The van der Waals surface area contributed by atoms with E-state index in [2.05, 4.69) is 15.6 Å². The second-order valence-corrected chi connectivity index (χ2v) is 7.03. The maximum Gasteiger partial charge on any atom is 0.411 e. The van der Waals surface area contributed by atoms with E-state index in [-0.39, 0.29) is 12.5 Å². The number of amides is 2. The van der Waals surface area contributed by atoms with E-state index >= 15 is 0 Å². The van der Waals surface area contributed by atoms with E-state index in [0.29, 0.717) is 48.3 Å². The summed E-state index contributed by atoms with van der Waals surface area (Å²) in [5.74, 6) is 0.660. The average Bonchev–Trinajstić information content (AvgIpc) is 2.84. The standard InChI is InChI=1S/C25H27N3O6/c1-3-32-23-14-19(9-10-22(23)34-17-18-6-5-11-26-16-18)24(29)27-20-7-4-8-21(15-20)28-25(30)33-13-12-31-2/h4-11,14-16H,3,12-13,17H2,1-2H3,(H,27,29)(H,28,30). The molecule has 9 heteroatoms. The zero-order chi connectivity index (χ0) is 24.2. The van der Waals surface area contributed by atoms with Crippen molar-refractivity contribution in [2.24, 2.45) is 0 Å². The van der Waals surface area contributed by atoms with E-state index in [1.807, 2.05) is 19.1 Å². The van der Waals surface area contributed by atoms with Crippen molar-refractivity contribution < 1.29 is 28.5 Å². The molecule has 9 nitrogen and oxygen atoms in total. The van der Waals surface area contributed by atoms with Crippen LogP contribution in [0.2, 0.25) is 0 Å². The van der Waals surface area contributed by atoms with Gasteiger partial charge in [0.25, 0.3) is 5.91 Å². The summed E-state index contributed by atoms with van der Waals surface area (Å²) in [5.41, 5.74) is 2.31. The van der Waals surface area contributed by atoms with Crippen LogP contribution in [0.5, 0.6) is 11.5 Å². The van der Waals surface area contributed by atoms with Gasteiger partial charge in [-0.15, -0.1) is 0 Å². The van der Waals surface area contributed by atoms with Gasteiger partial charge < -0.3 is 24.3 Å². The Bertz CT molecular complexity index is 1090. The first-order chi connectivity index (χ1) is 16.6. The predicted octanol–water partition coefficient (Wildman–Crippen LogP) is 4.51. The minimum absolute atomic E-state index is 0.142. The summed E-state index contributed by atoms with van der Waals surface area (Å²) in [6.07, 6.45) is 2.82. The van der Waals surface area contributed by atoms with Gasteiger partial charge in [0.1, 0.15) is 13.2 Å². The van der Waals surface area contributed by atoms with Crippen LogP contribution >= 0.6 is 0 Å². The van der Waals surface area contributed by atoms with Gasteiger partial charge in [-0.3, -0.25) is 15.1 Å². The van der Waals surface area contributed by atoms with E-state index in [9.17, 15) is 9.59 Å². The Morgan fingerprint density at radius 2 is 1.74 bits per heavy atom. The fraction of sp³-hybridized carbons (Fsp3) is 0.240. The van der Waals surface area contributed by atoms with Gasteiger partial charge in [0.2, 0.25) is 0 Å². The van der Waals surface area contributed by atoms with Gasteiger partial charge >= 0.3 is 6.09 Å². The molecule has 0 atom stereocenters. The first-order valence-corrected chi connectivity index (χ1v) is 10.7. The predicted molar refractivity (Wildman–Crippen MR) is 127 cm³/mol. The number of nitrogens with zero attached hydrogens (tertiary/aromatic N) is 1. The third-order valence-corrected chi connectivity index (χ3v) is 4.51. The van der Waals surface area contributed by atoms with Gasteiger partial charge in [0, 0.05) is 42.0 Å². The molecule has 178 valence electrons. The molecule has 0 radical (unpaired) electrons. The fourth-order valence-corrected chi connectivity index (χ4v) is 2.93. The fourth-order valence-electron chi connectivity index (χ4n) is 2.93. The number of methoxy groups -OCH3 is 1. The van der Waals surface area contributed by atoms with Crippen molar-refractivity contribution in [3.8, 4) is 11.5 Å². The van der Waals surface area contributed by atoms with Crippen LogP contribution < -0.4 is 20.1 Å². The number of nitrogens with one attached hydrogen (secondary N) is 2. The number of hydrogen-bond donors (Lipinski definition) is 2. The number of carbonyl (C=O) groups is 2. The maximum atomic E-state index is 12.8. The minimum atomic E-state index is -0.608. The summed E-state index contributed by atoms with van der Waals surface area (Å²) in [6.45, 7) is 3.05. The van der Waals surface area contributed by atoms with Crippen molar-refractivity contribution in [2.75, 3.05) is 37.6 Å². The van der Waals surface area contributed by atoms with Crippen molar-refractivity contribution >= 4 is 23.4 Å². The van der Waals surface area contributed by atoms with Gasteiger partial charge in [-0.25, -0.2) is 4.79 Å². The Labute approximate surface area is 198 Å². The molecule has 0 saturated heterocycles. The summed E-state index contributed by atoms with van der Waals surface area (Å²) < 4.78 is 21.4. The van der Waals surface area contributed by atoms with E-state index in [1.165, 1.54) is 7.11 Å². The highest BCUT2D eigenvalue weighted by molar-refractivity contribution is 6.05. The smallest absolute Gasteiger partial charge is 0.411 e. The number of carbonyl (C=O) groups excluding carboxylic acids is 2. The molecule has 3 rings (SSSR count). The summed E-state index contributed by atoms with van der Waals surface area (Å²) in [6, 6.07) is 15.5. The molecule has 0 aliphatic heterocycles. The number of benzene rings is 2. The molecule has 3 aromatic rings. The molecule has 0 unspecified atom stereocenters. The molecule has 34 heavy (non-hydrogen) atoms. The lowest BCUT2D eigenvalue weighted by molar-refractivity contribution is 0.102. The molecule has 1 heterocycles. The number of ether oxygens (including phenoxy) is 4. The van der Waals surface area contributed by atoms with Crippen molar-refractivity contribution in [2.45, 2.75) is 13.5 Å². The molecule has 1 aromatic heterocycles. The molecule has 0 saturated carbocycles. The highest BCUT2D eigenvalue weighted by Crippen LogP contribution is 2.30. The maximum absolute atomic E-state index is 12.8. The topological polar surface area (TPSA) is 108 Å². The molecule has 2 N–H and O–H groups in total. The largest absolute Gasteiger partial charge is 0.490 e. The number of hydrogen-bond acceptors (Lipinski definition) is 7. The van der Waals surface area contributed by atoms with E-state index in [0.717, 1.165) is 5.56 Å². The number of anilines is 2. The summed E-state index contributed by atoms with van der Waals surface area (Å²) >= 11 is 0. The number of pyridine rings is 1. The van der Waals surface area contributed by atoms with Gasteiger partial charge in [-0.05, 0) is 49.4 Å². The van der Waals surface area contributed by atoms with Crippen LogP contribution in [-0.4, -0.2) is 43.9 Å². The Hall–Kier alpha value is -4.11. The van der Waals surface area contributed by atoms with Crippen LogP contribution in [0.4, 0.5) is 16.2 Å². The second-order valence-electron chi connectivity index (χ2n) is 7.03. The van der Waals surface area contributed by atoms with Crippen molar-refractivity contribution in [3.05, 3.63) is 78.1 Å². The average molecular weight is 466 g/mol. The molecule has 0 bridgehead atoms. The Kier molecular flexibility index (Phi) is 9.24. The Morgan fingerprint density at radius 1 is 0.912 bits per heavy atom. The van der Waals surface area contributed by atoms with E-state index in [1.54, 1.807) is 54.9 Å². The SMILES string of the molecule is CCOc1cc(C(=O)Nc2cccc(NC(=O)OCCOC)c2)ccc1OCc1cccnc1. The molecular weight excluding hydrogens is 438 g/mol. The monoisotopic (exact) mass is 465 g/mol. The van der Waals surface area contributed by atoms with Gasteiger partial charge in [0.15, 0.2) is 11.5 Å². The highest BCUT2D eigenvalue weighted by atomic mass is 16.6. The summed E-state index contributed by atoms with van der Waals surface area (Å²) in [5, 5.41) is 5.42. The molecule has 0 fully saturated rings. The summed E-state index contributed by atoms with van der Waals surface area (Å²) in [7, 11) is 1.52. The van der Waals surface area contributed by atoms with Crippen LogP contribution in [0.1, 0.15) is 22.8 Å². The van der Waals surface area contributed by atoms with Crippen molar-refractivity contribution in [3.63, 3.8) is 0 Å². The van der Waals surface area contributed by atoms with Crippen LogP contribution in [0.25, 0.3) is 0 Å². The molecule has 0 aliphatic rings. The molecule has 2 amide bonds. The Balaban J connectivity index is 1.64. The Morgan fingerprint density at radius 3 is 2.47 bits per heavy atom. The van der Waals surface area contributed by atoms with Crippen LogP contribution in [0.3, 0.4) is 0 Å². The van der Waals surface area contributed by atoms with E-state index < -0.39 is 6.09 Å². The van der Waals surface area contributed by atoms with Crippen LogP contribution in [-0.2, 0) is 16.1 Å². The molecule has 0 spiro atoms. The number of aromatic nitrogens is 1. The lowest BCUT2D eigenvalue weighted by Gasteiger charge is -2.14. The quantitative estimate of drug-likeness (QED) is 0.401. The highest BCUT2D eigenvalue weighted by Gasteiger charge is 2.13. The van der Waals surface area contributed by atoms with Crippen molar-refractivity contribution in [1.82, 2.24) is 4.98 Å². The summed E-state index contributed by atoms with van der Waals surface area (Å²) in [4.78, 5) is 28.7. The molecule has 2 aromatic carbocycles. The van der Waals surface area contributed by atoms with Crippen LogP contribution in [0, 0.1) is 0 Å². The third kappa shape index (κ3) is 7.49. The van der Waals surface area contributed by atoms with Gasteiger partial charge in [-0.1, -0.05) is 12.1 Å². The van der Waals surface area contributed by atoms with Crippen LogP contribution in [0.15, 0.2) is 67.0 Å². The minimum Gasteiger partial charge on any atom is -0.490 e. The lowest BCUT2D eigenvalue weighted by Crippen LogP contribution is -2.17. The third-order valence-electron chi connectivity index (χ3n) is 4.51. The zero-order valence-electron chi connectivity index (χ0n) is 19.1. The first kappa shape index (κ1) is 24.5. The van der Waals surface area contributed by atoms with Gasteiger partial charge in [0.05, 0.1) is 13.2 Å². The molecular formula is C25H27N3O6. The van der Waals surface area contributed by atoms with E-state index in [4.69, 9.17) is 18.9 Å².